The first-order valence-corrected chi connectivity index (χ1v) is 3.48. The predicted octanol–water partition coefficient (Wildman–Crippen LogP) is 1.85. The Labute approximate surface area is 66.3 Å². The fourth-order valence-corrected chi connectivity index (χ4v) is 0.853. The monoisotopic (exact) mass is 149 g/mol. The molecule has 2 nitrogen and oxygen atoms in total. The maximum Gasteiger partial charge on any atom is 0.184 e. The van der Waals surface area contributed by atoms with Gasteiger partial charge < -0.3 is 4.74 Å². The summed E-state index contributed by atoms with van der Waals surface area (Å²) in [4.78, 5) is 0. The normalized spacial score (nSPS) is 9.18. The zero-order valence-corrected chi connectivity index (χ0v) is 6.50. The van der Waals surface area contributed by atoms with E-state index in [4.69, 9.17) is 10.1 Å². The number of methoxy groups -OCH3 is 1. The maximum absolute atomic E-state index is 7.25. The molecule has 0 fully saturated rings. The van der Waals surface area contributed by atoms with E-state index in [-0.39, 0.29) is 0 Å². The molecule has 0 unspecified atom stereocenters. The second-order valence-corrected chi connectivity index (χ2v) is 2.29. The van der Waals surface area contributed by atoms with Gasteiger partial charge >= 0.3 is 0 Å². The highest BCUT2D eigenvalue weighted by Gasteiger charge is 1.95. The largest absolute Gasteiger partial charge is 0.484 e. The minimum atomic E-state index is 0.302. The molecule has 2 heteroatoms. The molecule has 58 valence electrons. The van der Waals surface area contributed by atoms with Gasteiger partial charge in [0, 0.05) is 6.42 Å². The Hall–Kier alpha value is -1.31. The molecule has 0 aliphatic carbocycles. The quantitative estimate of drug-likeness (QED) is 0.505. The number of rotatable bonds is 2. The summed E-state index contributed by atoms with van der Waals surface area (Å²) in [6.07, 6.45) is 0.581. The highest BCUT2D eigenvalue weighted by molar-refractivity contribution is 5.75. The summed E-state index contributed by atoms with van der Waals surface area (Å²) >= 11 is 0. The van der Waals surface area contributed by atoms with Gasteiger partial charge in [-0.05, 0) is 5.56 Å². The summed E-state index contributed by atoms with van der Waals surface area (Å²) in [6.45, 7) is 0. The first kappa shape index (κ1) is 7.79. The molecule has 0 saturated heterocycles. The fourth-order valence-electron chi connectivity index (χ4n) is 0.853. The number of benzene rings is 1. The lowest BCUT2D eigenvalue weighted by Crippen LogP contribution is -2.02. The lowest BCUT2D eigenvalue weighted by molar-refractivity contribution is 0.390. The Bertz CT molecular complexity index is 231. The van der Waals surface area contributed by atoms with E-state index < -0.39 is 0 Å². The lowest BCUT2D eigenvalue weighted by Gasteiger charge is -2.00. The summed E-state index contributed by atoms with van der Waals surface area (Å²) in [5, 5.41) is 7.25. The van der Waals surface area contributed by atoms with E-state index in [1.807, 2.05) is 30.3 Å². The van der Waals surface area contributed by atoms with Crippen molar-refractivity contribution >= 4 is 5.90 Å². The van der Waals surface area contributed by atoms with Crippen molar-refractivity contribution in [3.63, 3.8) is 0 Å². The average molecular weight is 149 g/mol. The van der Waals surface area contributed by atoms with Gasteiger partial charge in [0.25, 0.3) is 0 Å². The molecule has 0 radical (unpaired) electrons. The molecule has 0 spiro atoms. The molecule has 1 rings (SSSR count). The molecule has 1 aromatic carbocycles. The van der Waals surface area contributed by atoms with E-state index in [1.54, 1.807) is 0 Å². The van der Waals surface area contributed by atoms with Crippen LogP contribution in [0.5, 0.6) is 0 Å². The minimum Gasteiger partial charge on any atom is -0.484 e. The van der Waals surface area contributed by atoms with Crippen LogP contribution in [0.1, 0.15) is 5.56 Å². The van der Waals surface area contributed by atoms with Crippen molar-refractivity contribution in [2.75, 3.05) is 7.11 Å². The van der Waals surface area contributed by atoms with Crippen LogP contribution in [0, 0.1) is 5.41 Å². The molecule has 0 amide bonds. The first-order valence-electron chi connectivity index (χ1n) is 3.48. The molecule has 0 atom stereocenters. The number of nitrogens with one attached hydrogen (secondary N) is 1. The zero-order valence-electron chi connectivity index (χ0n) is 6.50. The summed E-state index contributed by atoms with van der Waals surface area (Å²) in [7, 11) is 1.52. The van der Waals surface area contributed by atoms with Gasteiger partial charge in [-0.2, -0.15) is 0 Å². The highest BCUT2D eigenvalue weighted by atomic mass is 16.5. The van der Waals surface area contributed by atoms with Gasteiger partial charge in [0.15, 0.2) is 5.90 Å². The van der Waals surface area contributed by atoms with Crippen molar-refractivity contribution in [2.45, 2.75) is 6.42 Å². The highest BCUT2D eigenvalue weighted by Crippen LogP contribution is 1.99. The third-order valence-electron chi connectivity index (χ3n) is 1.45. The second kappa shape index (κ2) is 3.76. The van der Waals surface area contributed by atoms with Gasteiger partial charge in [0.2, 0.25) is 0 Å². The molecule has 0 saturated carbocycles. The lowest BCUT2D eigenvalue weighted by atomic mass is 10.1. The molecule has 0 aliphatic rings. The van der Waals surface area contributed by atoms with Crippen molar-refractivity contribution < 1.29 is 4.74 Å². The Balaban J connectivity index is 2.58. The van der Waals surface area contributed by atoms with E-state index in [9.17, 15) is 0 Å². The molecule has 0 aliphatic heterocycles. The van der Waals surface area contributed by atoms with Crippen molar-refractivity contribution in [2.24, 2.45) is 0 Å². The van der Waals surface area contributed by atoms with E-state index >= 15 is 0 Å². The van der Waals surface area contributed by atoms with E-state index in [0.29, 0.717) is 12.3 Å². The summed E-state index contributed by atoms with van der Waals surface area (Å²) < 4.78 is 4.74. The number of hydrogen-bond donors (Lipinski definition) is 1. The van der Waals surface area contributed by atoms with Gasteiger partial charge in [-0.15, -0.1) is 0 Å². The van der Waals surface area contributed by atoms with Crippen LogP contribution in [-0.4, -0.2) is 13.0 Å². The zero-order chi connectivity index (χ0) is 8.10. The van der Waals surface area contributed by atoms with Crippen LogP contribution in [0.15, 0.2) is 30.3 Å². The predicted molar refractivity (Wildman–Crippen MR) is 44.9 cm³/mol. The standard InChI is InChI=1S/C9H11NO/c1-11-9(10)7-8-5-3-2-4-6-8/h2-6,10H,7H2,1H3. The average Bonchev–Trinajstić information content (AvgIpc) is 2.06. The van der Waals surface area contributed by atoms with Crippen LogP contribution in [0.4, 0.5) is 0 Å². The van der Waals surface area contributed by atoms with Crippen LogP contribution in [-0.2, 0) is 11.2 Å². The third-order valence-corrected chi connectivity index (χ3v) is 1.45. The van der Waals surface area contributed by atoms with Gasteiger partial charge in [-0.1, -0.05) is 30.3 Å². The summed E-state index contributed by atoms with van der Waals surface area (Å²) in [6, 6.07) is 9.83. The molecule has 0 heterocycles. The first-order chi connectivity index (χ1) is 5.33. The smallest absolute Gasteiger partial charge is 0.184 e. The molecular formula is C9H11NO. The van der Waals surface area contributed by atoms with Crippen LogP contribution in [0.3, 0.4) is 0 Å². The van der Waals surface area contributed by atoms with Gasteiger partial charge in [0.1, 0.15) is 0 Å². The van der Waals surface area contributed by atoms with Crippen molar-refractivity contribution in [1.29, 1.82) is 5.41 Å². The molecule has 0 aromatic heterocycles. The molecular weight excluding hydrogens is 138 g/mol. The second-order valence-electron chi connectivity index (χ2n) is 2.29. The Morgan fingerprint density at radius 1 is 1.36 bits per heavy atom. The van der Waals surface area contributed by atoms with Crippen molar-refractivity contribution in [3.8, 4) is 0 Å². The fraction of sp³-hybridized carbons (Fsp3) is 0.222. The molecule has 1 N–H and O–H groups in total. The van der Waals surface area contributed by atoms with E-state index in [1.165, 1.54) is 7.11 Å². The molecule has 1 aromatic rings. The third kappa shape index (κ3) is 2.42. The van der Waals surface area contributed by atoms with Gasteiger partial charge in [-0.25, -0.2) is 0 Å². The van der Waals surface area contributed by atoms with Crippen molar-refractivity contribution in [3.05, 3.63) is 35.9 Å². The topological polar surface area (TPSA) is 33.1 Å². The maximum atomic E-state index is 7.25. The summed E-state index contributed by atoms with van der Waals surface area (Å²) in [5.74, 6) is 0.302. The minimum absolute atomic E-state index is 0.302. The van der Waals surface area contributed by atoms with E-state index in [2.05, 4.69) is 0 Å². The summed E-state index contributed by atoms with van der Waals surface area (Å²) in [5.41, 5.74) is 1.11. The van der Waals surface area contributed by atoms with Crippen LogP contribution in [0.2, 0.25) is 0 Å². The van der Waals surface area contributed by atoms with Gasteiger partial charge in [-0.3, -0.25) is 5.41 Å². The number of ether oxygens (including phenoxy) is 1. The molecule has 11 heavy (non-hydrogen) atoms. The van der Waals surface area contributed by atoms with Crippen LogP contribution >= 0.6 is 0 Å². The Kier molecular flexibility index (Phi) is 2.66. The number of hydrogen-bond acceptors (Lipinski definition) is 2. The molecule has 0 bridgehead atoms. The van der Waals surface area contributed by atoms with Crippen LogP contribution < -0.4 is 0 Å². The SMILES string of the molecule is COC(=N)Cc1ccccc1. The van der Waals surface area contributed by atoms with E-state index in [0.717, 1.165) is 5.56 Å². The van der Waals surface area contributed by atoms with Crippen molar-refractivity contribution in [1.82, 2.24) is 0 Å². The Morgan fingerprint density at radius 2 is 2.00 bits per heavy atom. The van der Waals surface area contributed by atoms with Gasteiger partial charge in [0.05, 0.1) is 7.11 Å². The Morgan fingerprint density at radius 3 is 2.55 bits per heavy atom. The van der Waals surface area contributed by atoms with Crippen LogP contribution in [0.25, 0.3) is 0 Å².